The first kappa shape index (κ1) is 19.6. The van der Waals surface area contributed by atoms with Gasteiger partial charge in [0.25, 0.3) is 17.3 Å². The van der Waals surface area contributed by atoms with Crippen LogP contribution in [0.15, 0.2) is 65.5 Å². The van der Waals surface area contributed by atoms with Crippen LogP contribution in [0.4, 0.5) is 8.78 Å². The second-order valence-electron chi connectivity index (χ2n) is 8.41. The van der Waals surface area contributed by atoms with Gasteiger partial charge in [-0.05, 0) is 42.7 Å². The summed E-state index contributed by atoms with van der Waals surface area (Å²) in [5.74, 6) is -1.94. The molecule has 5 rings (SSSR count). The van der Waals surface area contributed by atoms with E-state index in [1.165, 1.54) is 16.6 Å². The monoisotopic (exact) mass is 420 g/mol. The maximum atomic E-state index is 13.8. The number of rotatable bonds is 6. The van der Waals surface area contributed by atoms with Crippen LogP contribution in [-0.2, 0) is 17.8 Å². The summed E-state index contributed by atoms with van der Waals surface area (Å²) in [7, 11) is 0. The standard InChI is InChI=1S/C24H22F2N4O/c1-23(25,26)17-8-5-9-18(14-17)24(12-13-24)11-10-19-15-20(31)30-22(27-19)28-21(29-30)16-6-3-2-4-7-16/h2-9,14-15H,10-13H2,1H3,(H,27,28,29). The van der Waals surface area contributed by atoms with Crippen molar-refractivity contribution in [3.63, 3.8) is 0 Å². The van der Waals surface area contributed by atoms with Crippen LogP contribution in [0.3, 0.4) is 0 Å². The van der Waals surface area contributed by atoms with E-state index < -0.39 is 5.92 Å². The lowest BCUT2D eigenvalue weighted by molar-refractivity contribution is 0.0173. The molecule has 0 spiro atoms. The molecule has 0 atom stereocenters. The van der Waals surface area contributed by atoms with E-state index >= 15 is 0 Å². The van der Waals surface area contributed by atoms with E-state index in [0.717, 1.165) is 37.3 Å². The molecule has 0 amide bonds. The molecule has 7 heteroatoms. The van der Waals surface area contributed by atoms with Crippen LogP contribution in [-0.4, -0.2) is 19.6 Å². The summed E-state index contributed by atoms with van der Waals surface area (Å²) in [6.07, 6.45) is 3.25. The third kappa shape index (κ3) is 3.76. The second kappa shape index (κ2) is 7.11. The lowest BCUT2D eigenvalue weighted by Crippen LogP contribution is -2.17. The van der Waals surface area contributed by atoms with Gasteiger partial charge in [0.1, 0.15) is 0 Å². The zero-order chi connectivity index (χ0) is 21.6. The molecule has 31 heavy (non-hydrogen) atoms. The average Bonchev–Trinajstić information content (AvgIpc) is 3.43. The smallest absolute Gasteiger partial charge is 0.271 e. The van der Waals surface area contributed by atoms with E-state index in [0.29, 0.717) is 23.7 Å². The zero-order valence-corrected chi connectivity index (χ0v) is 17.1. The van der Waals surface area contributed by atoms with E-state index in [1.807, 2.05) is 36.4 Å². The first-order valence-corrected chi connectivity index (χ1v) is 10.4. The molecule has 158 valence electrons. The first-order valence-electron chi connectivity index (χ1n) is 10.4. The maximum Gasteiger partial charge on any atom is 0.274 e. The fourth-order valence-electron chi connectivity index (χ4n) is 4.10. The molecule has 0 saturated heterocycles. The Morgan fingerprint density at radius 3 is 2.55 bits per heavy atom. The summed E-state index contributed by atoms with van der Waals surface area (Å²) in [5.41, 5.74) is 2.19. The molecule has 5 nitrogen and oxygen atoms in total. The van der Waals surface area contributed by atoms with Crippen LogP contribution < -0.4 is 5.56 Å². The third-order valence-electron chi connectivity index (χ3n) is 6.13. The molecule has 4 aromatic rings. The molecule has 1 N–H and O–H groups in total. The molecule has 0 unspecified atom stereocenters. The predicted molar refractivity (Wildman–Crippen MR) is 114 cm³/mol. The SMILES string of the molecule is CC(F)(F)c1cccc(C2(CCc3cc(=O)n4[nH]c(-c5ccccc5)nc4n3)CC2)c1. The normalized spacial score (nSPS) is 15.3. The van der Waals surface area contributed by atoms with Gasteiger partial charge in [0, 0.05) is 24.1 Å². The molecule has 2 aromatic heterocycles. The van der Waals surface area contributed by atoms with Crippen molar-refractivity contribution in [2.24, 2.45) is 0 Å². The highest BCUT2D eigenvalue weighted by Crippen LogP contribution is 2.52. The van der Waals surface area contributed by atoms with Gasteiger partial charge in [0.2, 0.25) is 0 Å². The molecule has 1 aliphatic rings. The Kier molecular flexibility index (Phi) is 4.50. The van der Waals surface area contributed by atoms with Gasteiger partial charge in [-0.1, -0.05) is 48.5 Å². The van der Waals surface area contributed by atoms with Gasteiger partial charge >= 0.3 is 0 Å². The summed E-state index contributed by atoms with van der Waals surface area (Å²) in [5, 5.41) is 3.00. The van der Waals surface area contributed by atoms with Gasteiger partial charge in [0.15, 0.2) is 5.82 Å². The molecule has 0 aliphatic heterocycles. The number of H-pyrrole nitrogens is 1. The number of aryl methyl sites for hydroxylation is 1. The van der Waals surface area contributed by atoms with Crippen molar-refractivity contribution in [1.29, 1.82) is 0 Å². The largest absolute Gasteiger partial charge is 0.274 e. The van der Waals surface area contributed by atoms with Crippen molar-refractivity contribution in [3.8, 4) is 11.4 Å². The van der Waals surface area contributed by atoms with Crippen molar-refractivity contribution in [3.05, 3.63) is 87.8 Å². The van der Waals surface area contributed by atoms with Crippen molar-refractivity contribution < 1.29 is 8.78 Å². The van der Waals surface area contributed by atoms with Gasteiger partial charge in [-0.25, -0.2) is 13.8 Å². The van der Waals surface area contributed by atoms with Crippen LogP contribution in [0.1, 0.15) is 43.0 Å². The number of hydrogen-bond donors (Lipinski definition) is 1. The van der Waals surface area contributed by atoms with E-state index in [4.69, 9.17) is 0 Å². The van der Waals surface area contributed by atoms with Gasteiger partial charge in [-0.15, -0.1) is 0 Å². The summed E-state index contributed by atoms with van der Waals surface area (Å²) in [6.45, 7) is 0.922. The predicted octanol–water partition coefficient (Wildman–Crippen LogP) is 4.86. The third-order valence-corrected chi connectivity index (χ3v) is 6.13. The number of aromatic nitrogens is 4. The van der Waals surface area contributed by atoms with Crippen molar-refractivity contribution >= 4 is 5.78 Å². The van der Waals surface area contributed by atoms with Crippen molar-refractivity contribution in [1.82, 2.24) is 19.6 Å². The molecular formula is C24H22F2N4O. The molecule has 1 fully saturated rings. The Bertz CT molecular complexity index is 1300. The Balaban J connectivity index is 1.39. The van der Waals surface area contributed by atoms with Crippen LogP contribution in [0.25, 0.3) is 17.2 Å². The summed E-state index contributed by atoms with van der Waals surface area (Å²) < 4.78 is 28.8. The minimum Gasteiger partial charge on any atom is -0.271 e. The fraction of sp³-hybridized carbons (Fsp3) is 0.292. The quantitative estimate of drug-likeness (QED) is 0.485. The van der Waals surface area contributed by atoms with E-state index in [9.17, 15) is 13.6 Å². The summed E-state index contributed by atoms with van der Waals surface area (Å²) in [4.78, 5) is 21.6. The number of nitrogens with zero attached hydrogens (tertiary/aromatic N) is 3. The van der Waals surface area contributed by atoms with Crippen molar-refractivity contribution in [2.75, 3.05) is 0 Å². The molecule has 0 radical (unpaired) electrons. The van der Waals surface area contributed by atoms with E-state index in [1.54, 1.807) is 12.1 Å². The number of halogens is 2. The Morgan fingerprint density at radius 2 is 1.84 bits per heavy atom. The number of nitrogens with one attached hydrogen (secondary N) is 1. The number of fused-ring (bicyclic) bond motifs is 1. The number of benzene rings is 2. The molecular weight excluding hydrogens is 398 g/mol. The van der Waals surface area contributed by atoms with Gasteiger partial charge in [-0.3, -0.25) is 9.89 Å². The Hall–Kier alpha value is -3.35. The van der Waals surface area contributed by atoms with Crippen molar-refractivity contribution in [2.45, 2.75) is 43.9 Å². The lowest BCUT2D eigenvalue weighted by Gasteiger charge is -2.18. The van der Waals surface area contributed by atoms with Crippen LogP contribution in [0.5, 0.6) is 0 Å². The van der Waals surface area contributed by atoms with E-state index in [-0.39, 0.29) is 16.5 Å². The lowest BCUT2D eigenvalue weighted by atomic mass is 9.88. The minimum atomic E-state index is -2.86. The molecule has 1 saturated carbocycles. The highest BCUT2D eigenvalue weighted by Gasteiger charge is 2.44. The second-order valence-corrected chi connectivity index (χ2v) is 8.41. The molecule has 2 heterocycles. The van der Waals surface area contributed by atoms with Gasteiger partial charge in [-0.2, -0.15) is 9.50 Å². The number of alkyl halides is 2. The number of aromatic amines is 1. The summed E-state index contributed by atoms with van der Waals surface area (Å²) in [6, 6.07) is 17.8. The maximum absolute atomic E-state index is 13.8. The first-order chi connectivity index (χ1) is 14.8. The van der Waals surface area contributed by atoms with Crippen LogP contribution >= 0.6 is 0 Å². The van der Waals surface area contributed by atoms with Gasteiger partial charge in [0.05, 0.1) is 5.69 Å². The number of hydrogen-bond acceptors (Lipinski definition) is 3. The Labute approximate surface area is 177 Å². The van der Waals surface area contributed by atoms with Crippen LogP contribution in [0.2, 0.25) is 0 Å². The molecule has 2 aromatic carbocycles. The minimum absolute atomic E-state index is 0.0408. The highest BCUT2D eigenvalue weighted by atomic mass is 19.3. The molecule has 0 bridgehead atoms. The Morgan fingerprint density at radius 1 is 1.06 bits per heavy atom. The highest BCUT2D eigenvalue weighted by molar-refractivity contribution is 5.56. The topological polar surface area (TPSA) is 63.0 Å². The zero-order valence-electron chi connectivity index (χ0n) is 17.1. The fourth-order valence-corrected chi connectivity index (χ4v) is 4.10. The summed E-state index contributed by atoms with van der Waals surface area (Å²) >= 11 is 0. The molecule has 1 aliphatic carbocycles. The van der Waals surface area contributed by atoms with E-state index in [2.05, 4.69) is 15.1 Å². The average molecular weight is 420 g/mol. The van der Waals surface area contributed by atoms with Gasteiger partial charge < -0.3 is 0 Å². The van der Waals surface area contributed by atoms with Crippen LogP contribution in [0, 0.1) is 0 Å².